The highest BCUT2D eigenvalue weighted by molar-refractivity contribution is 6.60. The van der Waals surface area contributed by atoms with Crippen molar-refractivity contribution in [3.63, 3.8) is 0 Å². The van der Waals surface area contributed by atoms with E-state index in [2.05, 4.69) is 57.7 Å². The number of aliphatic hydroxyl groups excluding tert-OH is 6. The van der Waals surface area contributed by atoms with E-state index in [0.29, 0.717) is 36.7 Å². The van der Waals surface area contributed by atoms with Crippen LogP contribution in [0.15, 0.2) is 0 Å². The molecule has 17 heteroatoms. The van der Waals surface area contributed by atoms with Crippen molar-refractivity contribution in [1.82, 2.24) is 16.0 Å². The monoisotopic (exact) mass is 1330 g/mol. The van der Waals surface area contributed by atoms with Crippen molar-refractivity contribution in [1.29, 1.82) is 0 Å². The lowest BCUT2D eigenvalue weighted by atomic mass is 10.0. The van der Waals surface area contributed by atoms with Crippen LogP contribution in [-0.4, -0.2) is 165 Å². The normalized spacial score (nSPS) is 12.5. The van der Waals surface area contributed by atoms with Gasteiger partial charge in [-0.05, 0) is 32.1 Å². The third kappa shape index (κ3) is 49.7. The van der Waals surface area contributed by atoms with Gasteiger partial charge in [-0.25, -0.2) is 0 Å². The second-order valence-electron chi connectivity index (χ2n) is 28.9. The van der Waals surface area contributed by atoms with Gasteiger partial charge in [0, 0.05) is 31.7 Å². The molecule has 92 heavy (non-hydrogen) atoms. The topological polar surface area (TPSA) is 236 Å². The maximum atomic E-state index is 13.7. The molecule has 3 amide bonds. The first-order chi connectivity index (χ1) is 44.6. The zero-order chi connectivity index (χ0) is 68.0. The molecule has 16 nitrogen and oxygen atoms in total. The second-order valence-corrected chi connectivity index (χ2v) is 31.7. The molecule has 0 saturated heterocycles. The number of rotatable bonds is 73. The van der Waals surface area contributed by atoms with Gasteiger partial charge in [-0.2, -0.15) is 0 Å². The lowest BCUT2D eigenvalue weighted by Crippen LogP contribution is -2.64. The summed E-state index contributed by atoms with van der Waals surface area (Å²) in [6.45, 7) is 4.93. The van der Waals surface area contributed by atoms with Gasteiger partial charge in [0.1, 0.15) is 16.6 Å². The van der Waals surface area contributed by atoms with Crippen molar-refractivity contribution in [3.8, 4) is 0 Å². The minimum absolute atomic E-state index is 0.117. The van der Waals surface area contributed by atoms with Gasteiger partial charge in [-0.15, -0.1) is 0 Å². The Morgan fingerprint density at radius 2 is 0.478 bits per heavy atom. The maximum absolute atomic E-state index is 13.7. The van der Waals surface area contributed by atoms with E-state index in [9.17, 15) is 45.0 Å². The van der Waals surface area contributed by atoms with Crippen molar-refractivity contribution < 1.29 is 62.8 Å². The molecule has 9 N–H and O–H groups in total. The summed E-state index contributed by atoms with van der Waals surface area (Å²) >= 11 is 0. The highest BCUT2D eigenvalue weighted by Crippen LogP contribution is 2.27. The van der Waals surface area contributed by atoms with E-state index in [0.717, 1.165) is 77.2 Å². The number of carbonyl (C=O) groups excluding carboxylic acids is 3. The number of unbranched alkanes of at least 4 members (excludes halogenated alkanes) is 43. The zero-order valence-corrected chi connectivity index (χ0v) is 62.1. The molecule has 0 fully saturated rings. The van der Waals surface area contributed by atoms with Gasteiger partial charge >= 0.3 is 8.80 Å². The smallest absolute Gasteiger partial charge is 0.394 e. The number of quaternary nitrogens is 1. The standard InChI is InChI=1S/C75H152N4O12Si/c1-7-11-15-19-23-27-30-31-32-33-34-37-41-45-49-53-58-79(5,6)59-54-60-92(89-67-73(61-80,62-81)76-70(86)55-50-46-42-38-26-22-18-14-10-4,90-68-74(63-82,64-83)77-71(87)56-51-47-43-39-35-28-24-20-16-12-8-2)91-69-75(65-84,66-85)78-72(88)57-52-48-44-40-36-29-25-21-17-13-9-3/h80-85H,7-69H2,1-6H3,(H2-,76,77,78,86,87,88)/p+1. The van der Waals surface area contributed by atoms with Gasteiger partial charge in [0.2, 0.25) is 17.7 Å². The molecule has 548 valence electrons. The maximum Gasteiger partial charge on any atom is 0.501 e. The van der Waals surface area contributed by atoms with E-state index in [1.54, 1.807) is 0 Å². The summed E-state index contributed by atoms with van der Waals surface area (Å²) < 4.78 is 21.2. The fourth-order valence-corrected chi connectivity index (χ4v) is 15.1. The van der Waals surface area contributed by atoms with E-state index in [1.807, 2.05) is 0 Å². The summed E-state index contributed by atoms with van der Waals surface area (Å²) in [4.78, 5) is 41.1. The summed E-state index contributed by atoms with van der Waals surface area (Å²) in [5.41, 5.74) is -5.07. The van der Waals surface area contributed by atoms with Crippen molar-refractivity contribution in [2.45, 2.75) is 378 Å². The molecule has 0 radical (unpaired) electrons. The average Bonchev–Trinajstić information content (AvgIpc) is 1.10. The van der Waals surface area contributed by atoms with Crippen molar-refractivity contribution >= 4 is 26.5 Å². The van der Waals surface area contributed by atoms with Gasteiger partial charge in [-0.3, -0.25) is 14.4 Å². The van der Waals surface area contributed by atoms with Crippen LogP contribution in [0.3, 0.4) is 0 Å². The third-order valence-corrected chi connectivity index (χ3v) is 21.8. The van der Waals surface area contributed by atoms with Gasteiger partial charge in [0.25, 0.3) is 0 Å². The lowest BCUT2D eigenvalue weighted by molar-refractivity contribution is -0.890. The predicted molar refractivity (Wildman–Crippen MR) is 384 cm³/mol. The highest BCUT2D eigenvalue weighted by Gasteiger charge is 2.49. The van der Waals surface area contributed by atoms with E-state index >= 15 is 0 Å². The van der Waals surface area contributed by atoms with Crippen LogP contribution in [0.4, 0.5) is 0 Å². The Morgan fingerprint density at radius 1 is 0.293 bits per heavy atom. The van der Waals surface area contributed by atoms with Crippen LogP contribution in [0.1, 0.15) is 355 Å². The van der Waals surface area contributed by atoms with Gasteiger partial charge in [0.05, 0.1) is 86.6 Å². The van der Waals surface area contributed by atoms with Gasteiger partial charge in [-0.1, -0.05) is 297 Å². The van der Waals surface area contributed by atoms with Crippen LogP contribution in [0.25, 0.3) is 0 Å². The Hall–Kier alpha value is -1.77. The molecule has 0 rings (SSSR count). The molecule has 0 spiro atoms. The quantitative estimate of drug-likeness (QED) is 0.0157. The Morgan fingerprint density at radius 3 is 0.685 bits per heavy atom. The Kier molecular flexibility index (Phi) is 60.4. The molecular formula is C75H153N4O12Si+. The molecule has 0 heterocycles. The van der Waals surface area contributed by atoms with Crippen molar-refractivity contribution in [2.75, 3.05) is 86.6 Å². The number of amides is 3. The van der Waals surface area contributed by atoms with Crippen LogP contribution in [0, 0.1) is 0 Å². The number of hydrogen-bond acceptors (Lipinski definition) is 12. The Labute approximate surface area is 567 Å². The van der Waals surface area contributed by atoms with Crippen LogP contribution in [0.5, 0.6) is 0 Å². The summed E-state index contributed by atoms with van der Waals surface area (Å²) in [6.07, 6.45) is 56.2. The largest absolute Gasteiger partial charge is 0.501 e. The number of nitrogens with zero attached hydrogens (tertiary/aromatic N) is 1. The minimum atomic E-state index is -4.35. The van der Waals surface area contributed by atoms with Crippen LogP contribution in [-0.2, 0) is 27.7 Å². The van der Waals surface area contributed by atoms with Gasteiger partial charge < -0.3 is 64.4 Å². The summed E-state index contributed by atoms with van der Waals surface area (Å²) in [7, 11) is 0.0198. The number of carbonyl (C=O) groups is 3. The molecule has 0 bridgehead atoms. The molecule has 0 aromatic rings. The van der Waals surface area contributed by atoms with E-state index in [1.165, 1.54) is 212 Å². The Balaban J connectivity index is 6.67. The van der Waals surface area contributed by atoms with Crippen LogP contribution in [0.2, 0.25) is 6.04 Å². The highest BCUT2D eigenvalue weighted by atomic mass is 28.4. The van der Waals surface area contributed by atoms with Crippen LogP contribution < -0.4 is 16.0 Å². The fourth-order valence-electron chi connectivity index (χ4n) is 12.3. The molecular weight excluding hydrogens is 1180 g/mol. The van der Waals surface area contributed by atoms with Crippen LogP contribution >= 0.6 is 0 Å². The minimum Gasteiger partial charge on any atom is -0.394 e. The van der Waals surface area contributed by atoms with E-state index < -0.39 is 84.9 Å². The number of aliphatic hydroxyl groups is 6. The zero-order valence-electron chi connectivity index (χ0n) is 61.1. The Bertz CT molecular complexity index is 1590. The molecule has 0 unspecified atom stereocenters. The summed E-state index contributed by atoms with van der Waals surface area (Å²) in [6, 6.07) is 0.117. The van der Waals surface area contributed by atoms with Crippen molar-refractivity contribution in [3.05, 3.63) is 0 Å². The molecule has 0 aliphatic rings. The summed E-state index contributed by atoms with van der Waals surface area (Å²) in [5.74, 6) is -1.07. The molecule has 0 aromatic heterocycles. The van der Waals surface area contributed by atoms with E-state index in [-0.39, 0.29) is 43.0 Å². The molecule has 0 aliphatic heterocycles. The van der Waals surface area contributed by atoms with E-state index in [4.69, 9.17) is 13.3 Å². The number of hydrogen-bond donors (Lipinski definition) is 9. The molecule has 0 aliphatic carbocycles. The molecule has 0 atom stereocenters. The lowest BCUT2D eigenvalue weighted by Gasteiger charge is -2.41. The SMILES string of the molecule is CCCCCCCCCCCCCCCCCC[N+](C)(C)CCC[Si](OCC(CO)(CO)NC(=O)CCCCCCCCCCC)(OCC(CO)(CO)NC(=O)CCCCCCCCCCCCC)OCC(CO)(CO)NC(=O)CCCCCCCCCCCCC. The first kappa shape index (κ1) is 90.2. The third-order valence-electron chi connectivity index (χ3n) is 19.1. The van der Waals surface area contributed by atoms with Crippen molar-refractivity contribution in [2.24, 2.45) is 0 Å². The fraction of sp³-hybridized carbons (Fsp3) is 0.960. The first-order valence-electron chi connectivity index (χ1n) is 38.9. The first-order valence-corrected chi connectivity index (χ1v) is 40.9. The molecule has 0 saturated carbocycles. The second kappa shape index (κ2) is 61.6. The van der Waals surface area contributed by atoms with Gasteiger partial charge in [0.15, 0.2) is 0 Å². The average molecular weight is 1330 g/mol. The summed E-state index contributed by atoms with van der Waals surface area (Å²) in [5, 5.41) is 75.0. The predicted octanol–water partition coefficient (Wildman–Crippen LogP) is 15.5. The number of nitrogens with one attached hydrogen (secondary N) is 3. The molecule has 0 aromatic carbocycles.